The van der Waals surface area contributed by atoms with Crippen molar-refractivity contribution >= 4 is 11.9 Å². The molecule has 7 nitrogen and oxygen atoms in total. The lowest BCUT2D eigenvalue weighted by Crippen LogP contribution is -2.55. The van der Waals surface area contributed by atoms with Crippen molar-refractivity contribution in [2.75, 3.05) is 26.3 Å². The van der Waals surface area contributed by atoms with E-state index in [1.54, 1.807) is 11.8 Å². The van der Waals surface area contributed by atoms with Gasteiger partial charge in [-0.05, 0) is 106 Å². The maximum Gasteiger partial charge on any atom is 0.409 e. The molecule has 1 heterocycles. The number of rotatable bonds is 8. The summed E-state index contributed by atoms with van der Waals surface area (Å²) in [5.41, 5.74) is 4.21. The largest absolute Gasteiger partial charge is 0.450 e. The number of aliphatic hydroxyl groups is 2. The maximum atomic E-state index is 14.9. The molecule has 1 saturated carbocycles. The Hall–Kier alpha value is -3.78. The summed E-state index contributed by atoms with van der Waals surface area (Å²) in [6, 6.07) is 23.8. The molecule has 0 radical (unpaired) electrons. The monoisotopic (exact) mass is 679 g/mol. The van der Waals surface area contributed by atoms with Gasteiger partial charge in [0.15, 0.2) is 5.78 Å². The van der Waals surface area contributed by atoms with Crippen LogP contribution in [0.1, 0.15) is 105 Å². The van der Waals surface area contributed by atoms with Crippen LogP contribution in [-0.2, 0) is 15.9 Å². The van der Waals surface area contributed by atoms with Crippen molar-refractivity contribution in [3.8, 4) is 11.1 Å². The summed E-state index contributed by atoms with van der Waals surface area (Å²) < 4.78 is 11.4. The molecule has 0 spiro atoms. The number of carbonyl (C=O) groups excluding carboxylic acids is 2. The molecule has 3 aromatic carbocycles. The molecule has 50 heavy (non-hydrogen) atoms. The van der Waals surface area contributed by atoms with E-state index in [1.165, 1.54) is 5.57 Å². The molecule has 2 bridgehead atoms. The number of fused-ring (bicyclic) bond motifs is 8. The maximum absolute atomic E-state index is 14.9. The van der Waals surface area contributed by atoms with E-state index in [2.05, 4.69) is 26.0 Å². The van der Waals surface area contributed by atoms with Gasteiger partial charge in [-0.1, -0.05) is 85.3 Å². The van der Waals surface area contributed by atoms with Gasteiger partial charge in [0.2, 0.25) is 0 Å². The van der Waals surface area contributed by atoms with Gasteiger partial charge in [-0.3, -0.25) is 4.79 Å². The number of benzene rings is 3. The fraction of sp³-hybridized carbons (Fsp3) is 0.488. The third kappa shape index (κ3) is 7.60. The number of ether oxygens (including phenoxy) is 2. The molecule has 7 rings (SSSR count). The predicted octanol–water partition coefficient (Wildman–Crippen LogP) is 8.26. The highest BCUT2D eigenvalue weighted by Gasteiger charge is 2.58. The number of ketones is 1. The molecule has 3 aromatic rings. The van der Waals surface area contributed by atoms with Crippen LogP contribution in [0.25, 0.3) is 11.1 Å². The molecule has 266 valence electrons. The highest BCUT2D eigenvalue weighted by molar-refractivity contribution is 6.13. The van der Waals surface area contributed by atoms with Crippen LogP contribution < -0.4 is 0 Å². The summed E-state index contributed by atoms with van der Waals surface area (Å²) >= 11 is 0. The quantitative estimate of drug-likeness (QED) is 0.184. The van der Waals surface area contributed by atoms with Crippen LogP contribution in [0.4, 0.5) is 4.79 Å². The predicted molar refractivity (Wildman–Crippen MR) is 196 cm³/mol. The minimum atomic E-state index is -1.24. The third-order valence-electron chi connectivity index (χ3n) is 11.6. The van der Waals surface area contributed by atoms with Crippen LogP contribution in [0.5, 0.6) is 0 Å². The van der Waals surface area contributed by atoms with Crippen LogP contribution in [-0.4, -0.2) is 71.1 Å². The zero-order chi connectivity index (χ0) is 35.3. The van der Waals surface area contributed by atoms with Crippen molar-refractivity contribution in [1.82, 2.24) is 4.90 Å². The summed E-state index contributed by atoms with van der Waals surface area (Å²) in [5, 5.41) is 23.9. The molecule has 4 aliphatic rings. The first-order chi connectivity index (χ1) is 24.1. The number of carbonyl (C=O) groups is 2. The molecular formula is C43H53NO6. The summed E-state index contributed by atoms with van der Waals surface area (Å²) in [7, 11) is 0. The van der Waals surface area contributed by atoms with E-state index in [1.807, 2.05) is 66.7 Å². The van der Waals surface area contributed by atoms with Crippen LogP contribution >= 0.6 is 0 Å². The van der Waals surface area contributed by atoms with Gasteiger partial charge in [-0.15, -0.1) is 0 Å². The van der Waals surface area contributed by atoms with E-state index in [0.29, 0.717) is 56.4 Å². The lowest BCUT2D eigenvalue weighted by molar-refractivity contribution is -0.0851. The number of amides is 1. The van der Waals surface area contributed by atoms with Gasteiger partial charge < -0.3 is 24.6 Å². The SMILES string of the molecule is CCOC(=O)N(C[C@H]1CCCO1)C[C@]1(O)CC[C@H]2c3ccc(cc3C(=O)c3ccccc3-c3ccccc3)C[C@@H](O)CCC(C)=CCC[C@@]21C. The minimum absolute atomic E-state index is 0.0667. The van der Waals surface area contributed by atoms with Crippen molar-refractivity contribution in [3.05, 3.63) is 107 Å². The zero-order valence-corrected chi connectivity index (χ0v) is 29.9. The molecule has 1 saturated heterocycles. The molecular weight excluding hydrogens is 626 g/mol. The topological polar surface area (TPSA) is 96.3 Å². The first-order valence-electron chi connectivity index (χ1n) is 18.5. The number of hydrogen-bond acceptors (Lipinski definition) is 6. The summed E-state index contributed by atoms with van der Waals surface area (Å²) in [4.78, 5) is 29.9. The number of aliphatic hydroxyl groups excluding tert-OH is 1. The van der Waals surface area contributed by atoms with E-state index in [9.17, 15) is 19.8 Å². The molecule has 2 fully saturated rings. The molecule has 3 aliphatic carbocycles. The first-order valence-corrected chi connectivity index (χ1v) is 18.5. The van der Waals surface area contributed by atoms with Crippen molar-refractivity contribution in [2.45, 2.75) is 102 Å². The van der Waals surface area contributed by atoms with Crippen molar-refractivity contribution in [1.29, 1.82) is 0 Å². The smallest absolute Gasteiger partial charge is 0.409 e. The Morgan fingerprint density at radius 2 is 1.76 bits per heavy atom. The highest BCUT2D eigenvalue weighted by Crippen LogP contribution is 2.59. The normalized spacial score (nSPS) is 26.9. The van der Waals surface area contributed by atoms with Gasteiger partial charge in [0, 0.05) is 23.1 Å². The van der Waals surface area contributed by atoms with E-state index >= 15 is 0 Å². The third-order valence-corrected chi connectivity index (χ3v) is 11.6. The molecule has 5 atom stereocenters. The molecule has 2 N–H and O–H groups in total. The van der Waals surface area contributed by atoms with Gasteiger partial charge in [-0.2, -0.15) is 0 Å². The lowest BCUT2D eigenvalue weighted by atomic mass is 9.64. The Bertz CT molecular complexity index is 1680. The van der Waals surface area contributed by atoms with Crippen LogP contribution in [0, 0.1) is 5.41 Å². The van der Waals surface area contributed by atoms with Gasteiger partial charge in [0.1, 0.15) is 0 Å². The van der Waals surface area contributed by atoms with Gasteiger partial charge in [0.25, 0.3) is 0 Å². The molecule has 7 heteroatoms. The van der Waals surface area contributed by atoms with E-state index in [-0.39, 0.29) is 31.0 Å². The average Bonchev–Trinajstić information content (AvgIpc) is 3.72. The zero-order valence-electron chi connectivity index (χ0n) is 29.9. The van der Waals surface area contributed by atoms with Crippen molar-refractivity contribution in [3.63, 3.8) is 0 Å². The van der Waals surface area contributed by atoms with E-state index in [0.717, 1.165) is 47.9 Å². The van der Waals surface area contributed by atoms with Crippen molar-refractivity contribution in [2.24, 2.45) is 5.41 Å². The van der Waals surface area contributed by atoms with Crippen molar-refractivity contribution < 1.29 is 29.3 Å². The Labute approximate surface area is 297 Å². The Kier molecular flexibility index (Phi) is 11.3. The Balaban J connectivity index is 1.44. The second kappa shape index (κ2) is 15.6. The standard InChI is InChI=1S/C43H53NO6/c1-4-49-41(47)44(28-34-15-11-25-50-34)29-43(48)24-22-39-36-21-19-31(26-33(45)20-18-30(2)12-10-23-42(39,43)3)27-38(36)40(46)37-17-9-8-16-35(37)32-13-6-5-7-14-32/h5-9,12-14,16-17,19,21,27,33-34,39,45,48H,4,10-11,15,18,20,22-26,28-29H2,1-3H3/t33-,34+,39-,42-,43+/m0/s1. The molecule has 0 aromatic heterocycles. The molecule has 1 aliphatic heterocycles. The molecule has 1 amide bonds. The average molecular weight is 680 g/mol. The fourth-order valence-electron chi connectivity index (χ4n) is 8.66. The van der Waals surface area contributed by atoms with E-state index in [4.69, 9.17) is 9.47 Å². The second-order valence-corrected chi connectivity index (χ2v) is 14.9. The van der Waals surface area contributed by atoms with E-state index < -0.39 is 23.2 Å². The number of nitrogens with zero attached hydrogens (tertiary/aromatic N) is 1. The first kappa shape index (κ1) is 36.0. The second-order valence-electron chi connectivity index (χ2n) is 14.9. The van der Waals surface area contributed by atoms with Gasteiger partial charge in [0.05, 0.1) is 37.5 Å². The number of allylic oxidation sites excluding steroid dienone is 2. The van der Waals surface area contributed by atoms with Crippen LogP contribution in [0.15, 0.2) is 84.4 Å². The fourth-order valence-corrected chi connectivity index (χ4v) is 8.66. The van der Waals surface area contributed by atoms with Crippen LogP contribution in [0.2, 0.25) is 0 Å². The minimum Gasteiger partial charge on any atom is -0.450 e. The number of hydrogen-bond donors (Lipinski definition) is 2. The summed E-state index contributed by atoms with van der Waals surface area (Å²) in [6.07, 6.45) is 7.43. The highest BCUT2D eigenvalue weighted by atomic mass is 16.6. The van der Waals surface area contributed by atoms with Crippen LogP contribution in [0.3, 0.4) is 0 Å². The lowest BCUT2D eigenvalue weighted by Gasteiger charge is -2.46. The summed E-state index contributed by atoms with van der Waals surface area (Å²) in [6.45, 7) is 7.49. The summed E-state index contributed by atoms with van der Waals surface area (Å²) in [5.74, 6) is -0.222. The Morgan fingerprint density at radius 3 is 2.52 bits per heavy atom. The Morgan fingerprint density at radius 1 is 0.980 bits per heavy atom. The van der Waals surface area contributed by atoms with Gasteiger partial charge in [-0.25, -0.2) is 4.79 Å². The molecule has 0 unspecified atom stereocenters. The van der Waals surface area contributed by atoms with Gasteiger partial charge >= 0.3 is 6.09 Å².